The summed E-state index contributed by atoms with van der Waals surface area (Å²) >= 11 is 0. The molecule has 0 heterocycles. The molecule has 0 saturated heterocycles. The molecule has 0 fully saturated rings. The monoisotopic (exact) mass is 276 g/mol. The lowest BCUT2D eigenvalue weighted by Gasteiger charge is -2.20. The van der Waals surface area contributed by atoms with E-state index in [-0.39, 0.29) is 25.8 Å². The maximum absolute atomic E-state index is 11.6. The highest BCUT2D eigenvalue weighted by molar-refractivity contribution is 5.75. The predicted octanol–water partition coefficient (Wildman–Crippen LogP) is 2.16. The Bertz CT molecular complexity index is 274. The average Bonchev–Trinajstić information content (AvgIpc) is 2.39. The highest BCUT2D eigenvalue weighted by atomic mass is 16.7. The standard InChI is InChI=1S/C13H24O6/c1-5-13(2,3)11(14)17-9-10-19-12(15)18-8-6-7-16-4/h5-10H2,1-4H3. The molecule has 0 aliphatic carbocycles. The van der Waals surface area contributed by atoms with Crippen molar-refractivity contribution in [2.45, 2.75) is 33.6 Å². The van der Waals surface area contributed by atoms with Crippen LogP contribution in [-0.2, 0) is 23.7 Å². The first-order chi connectivity index (χ1) is 8.94. The second-order valence-electron chi connectivity index (χ2n) is 4.67. The number of esters is 1. The van der Waals surface area contributed by atoms with Crippen LogP contribution in [0, 0.1) is 5.41 Å². The SMILES string of the molecule is CCC(C)(C)C(=O)OCCOC(=O)OCCCOC. The van der Waals surface area contributed by atoms with E-state index < -0.39 is 11.6 Å². The zero-order chi connectivity index (χ0) is 14.7. The van der Waals surface area contributed by atoms with E-state index in [2.05, 4.69) is 0 Å². The van der Waals surface area contributed by atoms with Crippen molar-refractivity contribution in [1.82, 2.24) is 0 Å². The molecule has 0 bridgehead atoms. The van der Waals surface area contributed by atoms with Crippen LogP contribution in [0.3, 0.4) is 0 Å². The molecule has 0 saturated carbocycles. The number of methoxy groups -OCH3 is 1. The Morgan fingerprint density at radius 3 is 2.11 bits per heavy atom. The molecule has 0 aliphatic rings. The van der Waals surface area contributed by atoms with Gasteiger partial charge in [0, 0.05) is 20.1 Å². The molecule has 0 aromatic rings. The maximum Gasteiger partial charge on any atom is 0.508 e. The van der Waals surface area contributed by atoms with Gasteiger partial charge in [0.2, 0.25) is 0 Å². The number of rotatable bonds is 9. The van der Waals surface area contributed by atoms with Gasteiger partial charge in [-0.3, -0.25) is 4.79 Å². The van der Waals surface area contributed by atoms with Gasteiger partial charge in [0.05, 0.1) is 12.0 Å². The van der Waals surface area contributed by atoms with Crippen LogP contribution in [0.1, 0.15) is 33.6 Å². The highest BCUT2D eigenvalue weighted by Gasteiger charge is 2.26. The maximum atomic E-state index is 11.6. The van der Waals surface area contributed by atoms with E-state index in [1.807, 2.05) is 6.92 Å². The molecular weight excluding hydrogens is 252 g/mol. The van der Waals surface area contributed by atoms with Crippen molar-refractivity contribution in [3.63, 3.8) is 0 Å². The van der Waals surface area contributed by atoms with Crippen LogP contribution < -0.4 is 0 Å². The first-order valence-corrected chi connectivity index (χ1v) is 6.39. The summed E-state index contributed by atoms with van der Waals surface area (Å²) in [5.41, 5.74) is -0.513. The first-order valence-electron chi connectivity index (χ1n) is 6.39. The van der Waals surface area contributed by atoms with Crippen molar-refractivity contribution in [2.75, 3.05) is 33.5 Å². The molecule has 0 aromatic carbocycles. The van der Waals surface area contributed by atoms with Crippen LogP contribution in [-0.4, -0.2) is 45.7 Å². The number of carbonyl (C=O) groups is 2. The summed E-state index contributed by atoms with van der Waals surface area (Å²) in [4.78, 5) is 22.7. The fourth-order valence-electron chi connectivity index (χ4n) is 1.000. The third kappa shape index (κ3) is 8.42. The van der Waals surface area contributed by atoms with Gasteiger partial charge in [-0.05, 0) is 20.3 Å². The Labute approximate surface area is 114 Å². The van der Waals surface area contributed by atoms with Gasteiger partial charge in [-0.2, -0.15) is 0 Å². The fraction of sp³-hybridized carbons (Fsp3) is 0.846. The van der Waals surface area contributed by atoms with Crippen LogP contribution in [0.2, 0.25) is 0 Å². The van der Waals surface area contributed by atoms with Gasteiger partial charge in [0.15, 0.2) is 0 Å². The summed E-state index contributed by atoms with van der Waals surface area (Å²) in [6.45, 7) is 6.33. The van der Waals surface area contributed by atoms with Crippen LogP contribution >= 0.6 is 0 Å². The predicted molar refractivity (Wildman–Crippen MR) is 68.8 cm³/mol. The van der Waals surface area contributed by atoms with E-state index >= 15 is 0 Å². The van der Waals surface area contributed by atoms with E-state index in [4.69, 9.17) is 18.9 Å². The Morgan fingerprint density at radius 1 is 0.947 bits per heavy atom. The molecule has 0 atom stereocenters. The summed E-state index contributed by atoms with van der Waals surface area (Å²) in [7, 11) is 1.57. The molecule has 0 aliphatic heterocycles. The zero-order valence-electron chi connectivity index (χ0n) is 12.2. The van der Waals surface area contributed by atoms with Crippen molar-refractivity contribution in [3.05, 3.63) is 0 Å². The summed E-state index contributed by atoms with van der Waals surface area (Å²) < 4.78 is 19.3. The van der Waals surface area contributed by atoms with Gasteiger partial charge in [-0.25, -0.2) is 4.79 Å². The molecule has 0 aromatic heterocycles. The Balaban J connectivity index is 3.58. The number of hydrogen-bond donors (Lipinski definition) is 0. The second kappa shape index (κ2) is 9.61. The molecule has 0 N–H and O–H groups in total. The van der Waals surface area contributed by atoms with Crippen LogP contribution in [0.5, 0.6) is 0 Å². The minimum absolute atomic E-state index is 0.00531. The molecule has 0 spiro atoms. The third-order valence-electron chi connectivity index (χ3n) is 2.69. The quantitative estimate of drug-likeness (QED) is 0.474. The Morgan fingerprint density at radius 2 is 1.53 bits per heavy atom. The minimum atomic E-state index is -0.762. The van der Waals surface area contributed by atoms with Crippen molar-refractivity contribution in [3.8, 4) is 0 Å². The van der Waals surface area contributed by atoms with Gasteiger partial charge >= 0.3 is 12.1 Å². The number of ether oxygens (including phenoxy) is 4. The van der Waals surface area contributed by atoms with Gasteiger partial charge < -0.3 is 18.9 Å². The van der Waals surface area contributed by atoms with Gasteiger partial charge in [-0.1, -0.05) is 6.92 Å². The van der Waals surface area contributed by atoms with Crippen molar-refractivity contribution < 1.29 is 28.5 Å². The Kier molecular flexibility index (Phi) is 8.95. The Hall–Kier alpha value is -1.30. The minimum Gasteiger partial charge on any atom is -0.462 e. The molecule has 0 unspecified atom stereocenters. The van der Waals surface area contributed by atoms with E-state index in [0.717, 1.165) is 0 Å². The zero-order valence-corrected chi connectivity index (χ0v) is 12.2. The number of carbonyl (C=O) groups excluding carboxylic acids is 2. The molecule has 0 amide bonds. The smallest absolute Gasteiger partial charge is 0.462 e. The molecule has 19 heavy (non-hydrogen) atoms. The van der Waals surface area contributed by atoms with E-state index in [1.165, 1.54) is 0 Å². The van der Waals surface area contributed by atoms with Gasteiger partial charge in [0.1, 0.15) is 13.2 Å². The number of hydrogen-bond acceptors (Lipinski definition) is 6. The summed E-state index contributed by atoms with van der Waals surface area (Å²) in [5.74, 6) is -0.299. The molecule has 112 valence electrons. The fourth-order valence-corrected chi connectivity index (χ4v) is 1.000. The second-order valence-corrected chi connectivity index (χ2v) is 4.67. The normalized spacial score (nSPS) is 10.9. The lowest BCUT2D eigenvalue weighted by molar-refractivity contribution is -0.155. The summed E-state index contributed by atoms with van der Waals surface area (Å²) in [6.07, 6.45) is 0.543. The summed E-state index contributed by atoms with van der Waals surface area (Å²) in [5, 5.41) is 0. The van der Waals surface area contributed by atoms with E-state index in [0.29, 0.717) is 19.4 Å². The van der Waals surface area contributed by atoms with Crippen molar-refractivity contribution in [2.24, 2.45) is 5.41 Å². The summed E-state index contributed by atoms with van der Waals surface area (Å²) in [6, 6.07) is 0. The van der Waals surface area contributed by atoms with Crippen molar-refractivity contribution in [1.29, 1.82) is 0 Å². The first kappa shape index (κ1) is 17.7. The van der Waals surface area contributed by atoms with Crippen molar-refractivity contribution >= 4 is 12.1 Å². The van der Waals surface area contributed by atoms with Crippen LogP contribution in [0.25, 0.3) is 0 Å². The van der Waals surface area contributed by atoms with Gasteiger partial charge in [0.25, 0.3) is 0 Å². The molecular formula is C13H24O6. The lowest BCUT2D eigenvalue weighted by Crippen LogP contribution is -2.27. The third-order valence-corrected chi connectivity index (χ3v) is 2.69. The van der Waals surface area contributed by atoms with Gasteiger partial charge in [-0.15, -0.1) is 0 Å². The van der Waals surface area contributed by atoms with E-state index in [1.54, 1.807) is 21.0 Å². The van der Waals surface area contributed by atoms with E-state index in [9.17, 15) is 9.59 Å². The topological polar surface area (TPSA) is 71.1 Å². The largest absolute Gasteiger partial charge is 0.508 e. The van der Waals surface area contributed by atoms with Crippen LogP contribution in [0.15, 0.2) is 0 Å². The molecule has 0 rings (SSSR count). The molecule has 6 heteroatoms. The molecule has 6 nitrogen and oxygen atoms in total. The highest BCUT2D eigenvalue weighted by Crippen LogP contribution is 2.21. The van der Waals surface area contributed by atoms with Crippen LogP contribution in [0.4, 0.5) is 4.79 Å². The average molecular weight is 276 g/mol. The molecule has 0 radical (unpaired) electrons. The lowest BCUT2D eigenvalue weighted by atomic mass is 9.91.